The van der Waals surface area contributed by atoms with E-state index in [0.29, 0.717) is 38.9 Å². The number of furan rings is 1. The molecule has 51 heavy (non-hydrogen) atoms. The van der Waals surface area contributed by atoms with Crippen molar-refractivity contribution in [1.82, 2.24) is 5.01 Å². The quantitative estimate of drug-likeness (QED) is 0.137. The van der Waals surface area contributed by atoms with Gasteiger partial charge in [0.15, 0.2) is 5.78 Å². The number of benzene rings is 3. The molecular formula is C39H31ClFN3O7. The van der Waals surface area contributed by atoms with Gasteiger partial charge in [0, 0.05) is 10.6 Å². The van der Waals surface area contributed by atoms with Gasteiger partial charge in [-0.1, -0.05) is 35.4 Å². The highest BCUT2D eigenvalue weighted by Gasteiger charge is 2.71. The van der Waals surface area contributed by atoms with Crippen molar-refractivity contribution in [1.29, 1.82) is 0 Å². The van der Waals surface area contributed by atoms with Gasteiger partial charge in [0.25, 0.3) is 11.8 Å². The molecule has 10 nitrogen and oxygen atoms in total. The van der Waals surface area contributed by atoms with Gasteiger partial charge in [-0.05, 0) is 104 Å². The molecule has 1 aromatic heterocycles. The second-order valence-electron chi connectivity index (χ2n) is 13.5. The molecule has 2 aliphatic carbocycles. The lowest BCUT2D eigenvalue weighted by Crippen LogP contribution is -2.53. The van der Waals surface area contributed by atoms with Crippen molar-refractivity contribution >= 4 is 52.4 Å². The Balaban J connectivity index is 1.28. The van der Waals surface area contributed by atoms with Crippen LogP contribution in [0.15, 0.2) is 101 Å². The minimum absolute atomic E-state index is 0.0575. The summed E-state index contributed by atoms with van der Waals surface area (Å²) in [7, 11) is 0. The highest BCUT2D eigenvalue weighted by Crippen LogP contribution is 2.64. The van der Waals surface area contributed by atoms with Gasteiger partial charge in [0.2, 0.25) is 11.8 Å². The molecule has 8 rings (SSSR count). The summed E-state index contributed by atoms with van der Waals surface area (Å²) in [4.78, 5) is 71.2. The molecule has 6 atom stereocenters. The average Bonchev–Trinajstić information content (AvgIpc) is 3.77. The van der Waals surface area contributed by atoms with Crippen molar-refractivity contribution in [3.8, 4) is 0 Å². The van der Waals surface area contributed by atoms with Gasteiger partial charge < -0.3 is 9.52 Å². The number of Topliss-reactive ketones (excluding diaryl/α,β-unsaturated/α-hetero) is 1. The molecule has 0 unspecified atom stereocenters. The number of amides is 4. The lowest BCUT2D eigenvalue weighted by molar-refractivity contribution is -0.138. The number of nitrogens with one attached hydrogen (secondary N) is 1. The number of ketones is 1. The van der Waals surface area contributed by atoms with E-state index in [1.165, 1.54) is 31.2 Å². The van der Waals surface area contributed by atoms with Gasteiger partial charge in [-0.2, -0.15) is 5.01 Å². The Labute approximate surface area is 296 Å². The predicted molar refractivity (Wildman–Crippen MR) is 183 cm³/mol. The molecule has 4 amide bonds. The zero-order valence-electron chi connectivity index (χ0n) is 27.2. The summed E-state index contributed by atoms with van der Waals surface area (Å²) in [5, 5.41) is 11.3. The second-order valence-corrected chi connectivity index (χ2v) is 13.9. The third kappa shape index (κ3) is 4.90. The number of hydrogen-bond acceptors (Lipinski definition) is 8. The Morgan fingerprint density at radius 2 is 1.63 bits per heavy atom. The number of rotatable bonds is 7. The highest BCUT2D eigenvalue weighted by atomic mass is 35.5. The number of nitrogens with zero attached hydrogens (tertiary/aromatic N) is 2. The second kappa shape index (κ2) is 12.1. The van der Waals surface area contributed by atoms with Crippen LogP contribution in [0.5, 0.6) is 0 Å². The van der Waals surface area contributed by atoms with Crippen LogP contribution < -0.4 is 10.3 Å². The van der Waals surface area contributed by atoms with Crippen molar-refractivity contribution in [3.63, 3.8) is 0 Å². The summed E-state index contributed by atoms with van der Waals surface area (Å²) in [5.74, 6) is -6.20. The van der Waals surface area contributed by atoms with Crippen molar-refractivity contribution in [2.75, 3.05) is 10.3 Å². The minimum atomic E-state index is -1.59. The number of halogens is 2. The Morgan fingerprint density at radius 3 is 2.27 bits per heavy atom. The Hall–Kier alpha value is -5.39. The average molecular weight is 708 g/mol. The molecule has 258 valence electrons. The van der Waals surface area contributed by atoms with Crippen LogP contribution in [0.3, 0.4) is 0 Å². The van der Waals surface area contributed by atoms with Crippen LogP contribution in [0, 0.1) is 29.5 Å². The van der Waals surface area contributed by atoms with Crippen LogP contribution in [0.25, 0.3) is 0 Å². The molecule has 0 spiro atoms. The molecule has 12 heteroatoms. The molecule has 3 aromatic carbocycles. The van der Waals surface area contributed by atoms with Crippen LogP contribution in [0.4, 0.5) is 15.8 Å². The maximum Gasteiger partial charge on any atom is 0.260 e. The first-order valence-corrected chi connectivity index (χ1v) is 17.0. The molecule has 2 saturated heterocycles. The number of aliphatic hydroxyl groups is 1. The number of carbonyl (C=O) groups is 5. The minimum Gasteiger partial charge on any atom is -0.463 e. The number of allylic oxidation sites excluding steroid dienone is 2. The van der Waals surface area contributed by atoms with Crippen molar-refractivity contribution in [3.05, 3.63) is 130 Å². The SMILES string of the molecule is CC(=O)c1ccc(N2C(=O)[C@H]3[C@H](CC=C4[C@H]3C[C@H]3C(=O)N(Nc5ccc(F)cc5)C(=O)[C@@]3(c3ccc(Cl)cc3)[C@H]4c3ccc(CO)o3)C2=O)cc1. The Morgan fingerprint density at radius 1 is 0.922 bits per heavy atom. The molecule has 1 saturated carbocycles. The van der Waals surface area contributed by atoms with E-state index in [9.17, 15) is 28.7 Å². The molecule has 3 fully saturated rings. The predicted octanol–water partition coefficient (Wildman–Crippen LogP) is 5.96. The van der Waals surface area contributed by atoms with E-state index in [-0.39, 0.29) is 30.3 Å². The zero-order chi connectivity index (χ0) is 35.8. The van der Waals surface area contributed by atoms with Gasteiger partial charge >= 0.3 is 0 Å². The molecule has 0 radical (unpaired) electrons. The summed E-state index contributed by atoms with van der Waals surface area (Å²) in [6.07, 6.45) is 2.16. The molecule has 4 aliphatic rings. The first-order chi connectivity index (χ1) is 24.5. The van der Waals surface area contributed by atoms with Gasteiger partial charge in [-0.25, -0.2) is 4.39 Å². The normalized spacial score (nSPS) is 26.9. The summed E-state index contributed by atoms with van der Waals surface area (Å²) < 4.78 is 20.0. The van der Waals surface area contributed by atoms with E-state index in [0.717, 1.165) is 9.91 Å². The lowest BCUT2D eigenvalue weighted by atomic mass is 9.50. The number of fused-ring (bicyclic) bond motifs is 4. The molecule has 2 aliphatic heterocycles. The van der Waals surface area contributed by atoms with Crippen LogP contribution >= 0.6 is 11.6 Å². The maximum atomic E-state index is 15.1. The third-order valence-corrected chi connectivity index (χ3v) is 11.2. The largest absolute Gasteiger partial charge is 0.463 e. The van der Waals surface area contributed by atoms with Crippen molar-refractivity contribution in [2.24, 2.45) is 23.7 Å². The molecular weight excluding hydrogens is 677 g/mol. The first-order valence-electron chi connectivity index (χ1n) is 16.6. The van der Waals surface area contributed by atoms with E-state index in [1.807, 2.05) is 6.08 Å². The van der Waals surface area contributed by atoms with E-state index in [4.69, 9.17) is 16.0 Å². The number of hydrazine groups is 1. The molecule has 4 aromatic rings. The molecule has 2 N–H and O–H groups in total. The number of imide groups is 2. The summed E-state index contributed by atoms with van der Waals surface area (Å²) in [6, 6.07) is 21.5. The number of carbonyl (C=O) groups excluding carboxylic acids is 5. The van der Waals surface area contributed by atoms with Gasteiger partial charge in [0.05, 0.1) is 35.0 Å². The van der Waals surface area contributed by atoms with Crippen LogP contribution in [-0.4, -0.2) is 39.5 Å². The van der Waals surface area contributed by atoms with Gasteiger partial charge in [0.1, 0.15) is 29.4 Å². The van der Waals surface area contributed by atoms with Gasteiger partial charge in [-0.15, -0.1) is 0 Å². The van der Waals surface area contributed by atoms with Crippen molar-refractivity contribution in [2.45, 2.75) is 37.7 Å². The van der Waals surface area contributed by atoms with E-state index in [1.54, 1.807) is 60.7 Å². The van der Waals surface area contributed by atoms with E-state index in [2.05, 4.69) is 5.43 Å². The molecule has 0 bridgehead atoms. The monoisotopic (exact) mass is 707 g/mol. The summed E-state index contributed by atoms with van der Waals surface area (Å²) >= 11 is 6.32. The Kier molecular flexibility index (Phi) is 7.80. The van der Waals surface area contributed by atoms with Crippen LogP contribution in [0.1, 0.15) is 53.1 Å². The van der Waals surface area contributed by atoms with Crippen molar-refractivity contribution < 1.29 is 37.9 Å². The first kappa shape index (κ1) is 32.8. The third-order valence-electron chi connectivity index (χ3n) is 10.9. The van der Waals surface area contributed by atoms with Gasteiger partial charge in [-0.3, -0.25) is 34.3 Å². The van der Waals surface area contributed by atoms with Crippen LogP contribution in [0.2, 0.25) is 5.02 Å². The topological polar surface area (TPSA) is 137 Å². The number of aliphatic hydroxyl groups excluding tert-OH is 1. The highest BCUT2D eigenvalue weighted by molar-refractivity contribution is 6.30. The smallest absolute Gasteiger partial charge is 0.260 e. The number of hydrogen-bond donors (Lipinski definition) is 2. The van der Waals surface area contributed by atoms with E-state index >= 15 is 4.79 Å². The fraction of sp³-hybridized carbons (Fsp3) is 0.256. The fourth-order valence-corrected chi connectivity index (χ4v) is 8.82. The summed E-state index contributed by atoms with van der Waals surface area (Å²) in [6.45, 7) is 1.02. The summed E-state index contributed by atoms with van der Waals surface area (Å²) in [5.41, 5.74) is 3.57. The Bertz CT molecular complexity index is 2150. The fourth-order valence-electron chi connectivity index (χ4n) is 8.70. The molecule has 3 heterocycles. The van der Waals surface area contributed by atoms with Crippen LogP contribution in [-0.2, 0) is 31.2 Å². The van der Waals surface area contributed by atoms with E-state index < -0.39 is 65.2 Å². The lowest BCUT2D eigenvalue weighted by Gasteiger charge is -2.49. The zero-order valence-corrected chi connectivity index (χ0v) is 28.0. The standard InChI is InChI=1S/C39H31ClFN3O7/c1-20(46)21-2-12-26(13-3-21)43-35(47)29-16-15-28-30(33(29)37(43)49)18-31-36(48)44(42-25-10-8-24(41)9-11-25)38(50)39(31,22-4-6-23(40)7-5-22)34(28)32-17-14-27(19-45)51-32/h2-15,17,29-31,33-34,42,45H,16,18-19H2,1H3/t29-,30+,31-,33-,34+,39+/m0/s1. The maximum absolute atomic E-state index is 15.1. The number of anilines is 2.